The summed E-state index contributed by atoms with van der Waals surface area (Å²) in [5.41, 5.74) is 1.72. The van der Waals surface area contributed by atoms with Crippen LogP contribution in [0, 0.1) is 5.82 Å². The molecule has 2 aromatic carbocycles. The first-order valence-corrected chi connectivity index (χ1v) is 7.02. The van der Waals surface area contributed by atoms with Gasteiger partial charge in [-0.1, -0.05) is 50.1 Å². The largest absolute Gasteiger partial charge is 0.388 e. The summed E-state index contributed by atoms with van der Waals surface area (Å²) in [4.78, 5) is 0. The van der Waals surface area contributed by atoms with Gasteiger partial charge in [-0.05, 0) is 35.4 Å². The zero-order valence-corrected chi connectivity index (χ0v) is 12.6. The standard InChI is InChI=1S/C14H11Br2FO/c15-11-4-1-9(2-5-11)14(18)7-10-3-6-12(17)8-13(10)16/h1-6,8,14,18H,7H2. The first-order chi connectivity index (χ1) is 8.56. The van der Waals surface area contributed by atoms with Crippen molar-refractivity contribution < 1.29 is 9.50 Å². The van der Waals surface area contributed by atoms with Crippen molar-refractivity contribution in [2.24, 2.45) is 0 Å². The lowest BCUT2D eigenvalue weighted by molar-refractivity contribution is 0.178. The fraction of sp³-hybridized carbons (Fsp3) is 0.143. The smallest absolute Gasteiger partial charge is 0.124 e. The molecule has 0 saturated carbocycles. The lowest BCUT2D eigenvalue weighted by atomic mass is 10.0. The van der Waals surface area contributed by atoms with E-state index in [4.69, 9.17) is 0 Å². The van der Waals surface area contributed by atoms with Crippen LogP contribution in [0.25, 0.3) is 0 Å². The molecule has 94 valence electrons. The summed E-state index contributed by atoms with van der Waals surface area (Å²) in [5.74, 6) is -0.288. The molecule has 1 atom stereocenters. The van der Waals surface area contributed by atoms with E-state index in [0.29, 0.717) is 10.9 Å². The number of hydrogen-bond acceptors (Lipinski definition) is 1. The van der Waals surface area contributed by atoms with Gasteiger partial charge in [-0.25, -0.2) is 4.39 Å². The highest BCUT2D eigenvalue weighted by Crippen LogP contribution is 2.25. The summed E-state index contributed by atoms with van der Waals surface area (Å²) >= 11 is 6.65. The van der Waals surface area contributed by atoms with E-state index in [-0.39, 0.29) is 5.82 Å². The van der Waals surface area contributed by atoms with Crippen molar-refractivity contribution in [3.63, 3.8) is 0 Å². The van der Waals surface area contributed by atoms with E-state index in [1.54, 1.807) is 6.07 Å². The summed E-state index contributed by atoms with van der Waals surface area (Å²) in [7, 11) is 0. The van der Waals surface area contributed by atoms with Crippen molar-refractivity contribution in [2.45, 2.75) is 12.5 Å². The van der Waals surface area contributed by atoms with Crippen molar-refractivity contribution in [3.8, 4) is 0 Å². The van der Waals surface area contributed by atoms with Gasteiger partial charge in [-0.3, -0.25) is 0 Å². The lowest BCUT2D eigenvalue weighted by Gasteiger charge is -2.12. The SMILES string of the molecule is OC(Cc1ccc(F)cc1Br)c1ccc(Br)cc1. The summed E-state index contributed by atoms with van der Waals surface area (Å²) in [6.45, 7) is 0. The molecule has 0 bridgehead atoms. The molecule has 0 amide bonds. The Hall–Kier alpha value is -0.710. The van der Waals surface area contributed by atoms with Crippen LogP contribution in [0.5, 0.6) is 0 Å². The summed E-state index contributed by atoms with van der Waals surface area (Å²) < 4.78 is 14.6. The van der Waals surface area contributed by atoms with Crippen molar-refractivity contribution in [1.82, 2.24) is 0 Å². The third-order valence-corrected chi connectivity index (χ3v) is 3.95. The van der Waals surface area contributed by atoms with Crippen LogP contribution in [0.4, 0.5) is 4.39 Å². The molecule has 0 aliphatic heterocycles. The second kappa shape index (κ2) is 5.95. The van der Waals surface area contributed by atoms with Gasteiger partial charge in [0.1, 0.15) is 5.82 Å². The lowest BCUT2D eigenvalue weighted by Crippen LogP contribution is -2.02. The Bertz CT molecular complexity index is 540. The number of aliphatic hydroxyl groups excluding tert-OH is 1. The molecule has 0 heterocycles. The molecule has 1 unspecified atom stereocenters. The van der Waals surface area contributed by atoms with Crippen molar-refractivity contribution in [3.05, 3.63) is 68.4 Å². The average molecular weight is 374 g/mol. The average Bonchev–Trinajstić information content (AvgIpc) is 2.33. The van der Waals surface area contributed by atoms with Crippen LogP contribution in [0.3, 0.4) is 0 Å². The zero-order chi connectivity index (χ0) is 13.1. The Labute approximate surface area is 122 Å². The summed E-state index contributed by atoms with van der Waals surface area (Å²) in [6.07, 6.45) is -0.150. The van der Waals surface area contributed by atoms with Crippen LogP contribution in [0.15, 0.2) is 51.4 Å². The van der Waals surface area contributed by atoms with Gasteiger partial charge in [0.25, 0.3) is 0 Å². The molecule has 18 heavy (non-hydrogen) atoms. The van der Waals surface area contributed by atoms with Crippen molar-refractivity contribution >= 4 is 31.9 Å². The van der Waals surface area contributed by atoms with E-state index >= 15 is 0 Å². The predicted molar refractivity (Wildman–Crippen MR) is 76.9 cm³/mol. The van der Waals surface area contributed by atoms with Crippen LogP contribution < -0.4 is 0 Å². The van der Waals surface area contributed by atoms with E-state index in [1.165, 1.54) is 12.1 Å². The molecule has 0 aromatic heterocycles. The van der Waals surface area contributed by atoms with Crippen LogP contribution in [0.1, 0.15) is 17.2 Å². The van der Waals surface area contributed by atoms with Gasteiger partial charge in [0.2, 0.25) is 0 Å². The van der Waals surface area contributed by atoms with E-state index in [0.717, 1.165) is 15.6 Å². The minimum atomic E-state index is -0.597. The number of benzene rings is 2. The first-order valence-electron chi connectivity index (χ1n) is 5.44. The minimum absolute atomic E-state index is 0.288. The maximum absolute atomic E-state index is 13.0. The maximum atomic E-state index is 13.0. The van der Waals surface area contributed by atoms with Crippen LogP contribution in [-0.2, 0) is 6.42 Å². The topological polar surface area (TPSA) is 20.2 Å². The molecule has 2 rings (SSSR count). The number of halogens is 3. The fourth-order valence-electron chi connectivity index (χ4n) is 1.70. The third-order valence-electron chi connectivity index (χ3n) is 2.68. The molecule has 2 aromatic rings. The Morgan fingerprint density at radius 3 is 2.33 bits per heavy atom. The third kappa shape index (κ3) is 3.40. The summed E-state index contributed by atoms with van der Waals surface area (Å²) in [5, 5.41) is 10.1. The highest BCUT2D eigenvalue weighted by molar-refractivity contribution is 9.10. The molecular weight excluding hydrogens is 363 g/mol. The first kappa shape index (κ1) is 13.7. The summed E-state index contributed by atoms with van der Waals surface area (Å²) in [6, 6.07) is 12.0. The van der Waals surface area contributed by atoms with Crippen molar-refractivity contribution in [1.29, 1.82) is 0 Å². The Morgan fingerprint density at radius 2 is 1.72 bits per heavy atom. The fourth-order valence-corrected chi connectivity index (χ4v) is 2.48. The quantitative estimate of drug-likeness (QED) is 0.831. The van der Waals surface area contributed by atoms with Crippen LogP contribution in [0.2, 0.25) is 0 Å². The van der Waals surface area contributed by atoms with Gasteiger partial charge in [0, 0.05) is 15.4 Å². The zero-order valence-electron chi connectivity index (χ0n) is 9.41. The molecule has 0 aliphatic carbocycles. The predicted octanol–water partition coefficient (Wildman–Crippen LogP) is 4.63. The molecule has 0 radical (unpaired) electrons. The van der Waals surface area contributed by atoms with Crippen LogP contribution in [-0.4, -0.2) is 5.11 Å². The Morgan fingerprint density at radius 1 is 1.06 bits per heavy atom. The van der Waals surface area contributed by atoms with E-state index in [2.05, 4.69) is 31.9 Å². The van der Waals surface area contributed by atoms with Crippen LogP contribution >= 0.6 is 31.9 Å². The van der Waals surface area contributed by atoms with E-state index < -0.39 is 6.10 Å². The minimum Gasteiger partial charge on any atom is -0.388 e. The van der Waals surface area contributed by atoms with Gasteiger partial charge in [-0.2, -0.15) is 0 Å². The van der Waals surface area contributed by atoms with Gasteiger partial charge in [0.15, 0.2) is 0 Å². The van der Waals surface area contributed by atoms with Gasteiger partial charge in [-0.15, -0.1) is 0 Å². The number of aliphatic hydroxyl groups is 1. The number of rotatable bonds is 3. The second-order valence-electron chi connectivity index (χ2n) is 4.01. The molecule has 1 N–H and O–H groups in total. The Kier molecular flexibility index (Phi) is 4.54. The van der Waals surface area contributed by atoms with Crippen molar-refractivity contribution in [2.75, 3.05) is 0 Å². The molecular formula is C14H11Br2FO. The van der Waals surface area contributed by atoms with E-state index in [1.807, 2.05) is 24.3 Å². The molecule has 0 saturated heterocycles. The van der Waals surface area contributed by atoms with E-state index in [9.17, 15) is 9.50 Å². The monoisotopic (exact) mass is 372 g/mol. The van der Waals surface area contributed by atoms with Gasteiger partial charge >= 0.3 is 0 Å². The highest BCUT2D eigenvalue weighted by Gasteiger charge is 2.11. The highest BCUT2D eigenvalue weighted by atomic mass is 79.9. The van der Waals surface area contributed by atoms with Gasteiger partial charge in [0.05, 0.1) is 6.10 Å². The molecule has 0 aliphatic rings. The molecule has 0 fully saturated rings. The van der Waals surface area contributed by atoms with Gasteiger partial charge < -0.3 is 5.11 Å². The maximum Gasteiger partial charge on any atom is 0.124 e. The molecule has 1 nitrogen and oxygen atoms in total. The second-order valence-corrected chi connectivity index (χ2v) is 5.78. The molecule has 4 heteroatoms. The molecule has 0 spiro atoms. The number of hydrogen-bond donors (Lipinski definition) is 1. The Balaban J connectivity index is 2.15. The normalized spacial score (nSPS) is 12.4.